The minimum Gasteiger partial charge on any atom is -0.491 e. The lowest BCUT2D eigenvalue weighted by Crippen LogP contribution is -2.25. The lowest BCUT2D eigenvalue weighted by Gasteiger charge is -2.20. The Bertz CT molecular complexity index is 898. The first-order valence-corrected chi connectivity index (χ1v) is 9.60. The Kier molecular flexibility index (Phi) is 6.21. The Balaban J connectivity index is 1.67. The van der Waals surface area contributed by atoms with E-state index in [9.17, 15) is 5.11 Å². The Hall–Kier alpha value is -2.57. The number of para-hydroxylation sites is 2. The van der Waals surface area contributed by atoms with Gasteiger partial charge in [0.25, 0.3) is 0 Å². The van der Waals surface area contributed by atoms with Gasteiger partial charge < -0.3 is 24.8 Å². The fourth-order valence-corrected chi connectivity index (χ4v) is 3.07. The summed E-state index contributed by atoms with van der Waals surface area (Å²) in [5.41, 5.74) is 3.11. The zero-order valence-corrected chi connectivity index (χ0v) is 16.7. The average Bonchev–Trinajstić information content (AvgIpc) is 3.02. The van der Waals surface area contributed by atoms with Gasteiger partial charge in [0.1, 0.15) is 18.5 Å². The van der Waals surface area contributed by atoms with Crippen LogP contribution in [0.25, 0.3) is 11.0 Å². The zero-order chi connectivity index (χ0) is 20.1. The van der Waals surface area contributed by atoms with Crippen LogP contribution in [0.3, 0.4) is 0 Å². The first-order chi connectivity index (χ1) is 13.4. The molecule has 6 heteroatoms. The molecule has 1 heterocycles. The fraction of sp³-hybridized carbons (Fsp3) is 0.409. The van der Waals surface area contributed by atoms with E-state index in [0.29, 0.717) is 19.0 Å². The van der Waals surface area contributed by atoms with Crippen LogP contribution in [0.4, 0.5) is 5.95 Å². The molecule has 2 aromatic carbocycles. The average molecular weight is 383 g/mol. The van der Waals surface area contributed by atoms with Crippen molar-refractivity contribution in [2.24, 2.45) is 0 Å². The summed E-state index contributed by atoms with van der Waals surface area (Å²) < 4.78 is 7.69. The highest BCUT2D eigenvalue weighted by Crippen LogP contribution is 2.24. The molecule has 1 aromatic heterocycles. The number of aromatic nitrogens is 2. The van der Waals surface area contributed by atoms with E-state index in [-0.39, 0.29) is 18.6 Å². The molecule has 1 atom stereocenters. The lowest BCUT2D eigenvalue weighted by molar-refractivity contribution is 0.0938. The molecule has 0 spiro atoms. The van der Waals surface area contributed by atoms with Crippen molar-refractivity contribution < 1.29 is 14.9 Å². The predicted molar refractivity (Wildman–Crippen MR) is 112 cm³/mol. The van der Waals surface area contributed by atoms with Crippen LogP contribution in [-0.4, -0.2) is 45.6 Å². The summed E-state index contributed by atoms with van der Waals surface area (Å²) in [6.45, 7) is 7.45. The second-order valence-corrected chi connectivity index (χ2v) is 7.92. The van der Waals surface area contributed by atoms with Gasteiger partial charge in [-0.1, -0.05) is 45.0 Å². The van der Waals surface area contributed by atoms with Gasteiger partial charge in [-0.2, -0.15) is 0 Å². The van der Waals surface area contributed by atoms with E-state index in [4.69, 9.17) is 9.84 Å². The molecule has 150 valence electrons. The van der Waals surface area contributed by atoms with Gasteiger partial charge >= 0.3 is 0 Å². The number of aliphatic hydroxyl groups excluding tert-OH is 2. The summed E-state index contributed by atoms with van der Waals surface area (Å²) in [6.07, 6.45) is -0.699. The van der Waals surface area contributed by atoms with Gasteiger partial charge in [-0.05, 0) is 35.2 Å². The molecule has 0 radical (unpaired) electrons. The van der Waals surface area contributed by atoms with Crippen molar-refractivity contribution in [2.45, 2.75) is 38.8 Å². The first kappa shape index (κ1) is 20.2. The van der Waals surface area contributed by atoms with Crippen molar-refractivity contribution in [3.63, 3.8) is 0 Å². The molecular weight excluding hydrogens is 354 g/mol. The minimum atomic E-state index is -0.699. The fourth-order valence-electron chi connectivity index (χ4n) is 3.07. The number of hydrogen-bond donors (Lipinski definition) is 3. The minimum absolute atomic E-state index is 0.0133. The monoisotopic (exact) mass is 383 g/mol. The number of nitrogens with zero attached hydrogens (tertiary/aromatic N) is 2. The summed E-state index contributed by atoms with van der Waals surface area (Å²) >= 11 is 0. The van der Waals surface area contributed by atoms with Crippen molar-refractivity contribution in [1.82, 2.24) is 9.55 Å². The van der Waals surface area contributed by atoms with Crippen LogP contribution in [0.15, 0.2) is 48.5 Å². The van der Waals surface area contributed by atoms with E-state index in [1.54, 1.807) is 0 Å². The molecule has 3 N–H and O–H groups in total. The molecule has 0 amide bonds. The van der Waals surface area contributed by atoms with Crippen molar-refractivity contribution in [1.29, 1.82) is 0 Å². The summed E-state index contributed by atoms with van der Waals surface area (Å²) in [6, 6.07) is 15.7. The SMILES string of the molecule is CC(C)(C)c1ccc(OCC(O)Cn2c(NCCO)nc3ccccc32)cc1. The van der Waals surface area contributed by atoms with Crippen molar-refractivity contribution in [2.75, 3.05) is 25.1 Å². The summed E-state index contributed by atoms with van der Waals surface area (Å²) in [5.74, 6) is 1.37. The molecule has 1 unspecified atom stereocenters. The van der Waals surface area contributed by atoms with E-state index in [2.05, 4.69) is 43.2 Å². The molecule has 0 aliphatic heterocycles. The number of ether oxygens (including phenoxy) is 1. The molecule has 0 saturated carbocycles. The standard InChI is InChI=1S/C22H29N3O3/c1-22(2,3)16-8-10-18(11-9-16)28-15-17(27)14-25-20-7-5-4-6-19(20)24-21(25)23-12-13-26/h4-11,17,26-27H,12-15H2,1-3H3,(H,23,24). The third-order valence-corrected chi connectivity index (χ3v) is 4.61. The molecule has 6 nitrogen and oxygen atoms in total. The molecule has 0 fully saturated rings. The van der Waals surface area contributed by atoms with Gasteiger partial charge in [-0.3, -0.25) is 0 Å². The third-order valence-electron chi connectivity index (χ3n) is 4.61. The Morgan fingerprint density at radius 3 is 2.50 bits per heavy atom. The van der Waals surface area contributed by atoms with E-state index in [1.807, 2.05) is 41.0 Å². The van der Waals surface area contributed by atoms with Crippen molar-refractivity contribution >= 4 is 17.0 Å². The maximum atomic E-state index is 10.5. The van der Waals surface area contributed by atoms with E-state index in [1.165, 1.54) is 5.56 Å². The number of imidazole rings is 1. The summed E-state index contributed by atoms with van der Waals surface area (Å²) in [4.78, 5) is 4.54. The number of fused-ring (bicyclic) bond motifs is 1. The maximum absolute atomic E-state index is 10.5. The molecule has 3 rings (SSSR count). The van der Waals surface area contributed by atoms with Crippen molar-refractivity contribution in [3.8, 4) is 5.75 Å². The molecule has 28 heavy (non-hydrogen) atoms. The topological polar surface area (TPSA) is 79.5 Å². The molecule has 0 saturated heterocycles. The lowest BCUT2D eigenvalue weighted by atomic mass is 9.87. The van der Waals surface area contributed by atoms with Crippen LogP contribution < -0.4 is 10.1 Å². The highest BCUT2D eigenvalue weighted by molar-refractivity contribution is 5.78. The summed E-state index contributed by atoms with van der Waals surface area (Å²) in [7, 11) is 0. The molecule has 3 aromatic rings. The third kappa shape index (κ3) is 4.82. The van der Waals surface area contributed by atoms with Gasteiger partial charge in [0.05, 0.1) is 24.2 Å². The predicted octanol–water partition coefficient (Wildman–Crippen LogP) is 3.18. The number of hydrogen-bond acceptors (Lipinski definition) is 5. The normalized spacial score (nSPS) is 12.9. The molecule has 0 bridgehead atoms. The molecular formula is C22H29N3O3. The van der Waals surface area contributed by atoms with Crippen LogP contribution in [0.2, 0.25) is 0 Å². The number of anilines is 1. The summed E-state index contributed by atoms with van der Waals surface area (Å²) in [5, 5.41) is 22.7. The smallest absolute Gasteiger partial charge is 0.204 e. The van der Waals surface area contributed by atoms with Gasteiger partial charge in [0.15, 0.2) is 0 Å². The molecule has 0 aliphatic carbocycles. The van der Waals surface area contributed by atoms with E-state index in [0.717, 1.165) is 16.8 Å². The zero-order valence-electron chi connectivity index (χ0n) is 16.7. The highest BCUT2D eigenvalue weighted by Gasteiger charge is 2.16. The van der Waals surface area contributed by atoms with Crippen LogP contribution in [0.1, 0.15) is 26.3 Å². The van der Waals surface area contributed by atoms with Crippen molar-refractivity contribution in [3.05, 3.63) is 54.1 Å². The Morgan fingerprint density at radius 1 is 1.11 bits per heavy atom. The maximum Gasteiger partial charge on any atom is 0.204 e. The quantitative estimate of drug-likeness (QED) is 0.557. The Labute approximate surface area is 165 Å². The second-order valence-electron chi connectivity index (χ2n) is 7.92. The van der Waals surface area contributed by atoms with Gasteiger partial charge in [-0.25, -0.2) is 4.98 Å². The van der Waals surface area contributed by atoms with E-state index < -0.39 is 6.10 Å². The van der Waals surface area contributed by atoms with Crippen LogP contribution >= 0.6 is 0 Å². The first-order valence-electron chi connectivity index (χ1n) is 9.60. The molecule has 0 aliphatic rings. The number of rotatable bonds is 8. The van der Waals surface area contributed by atoms with Gasteiger partial charge in [-0.15, -0.1) is 0 Å². The van der Waals surface area contributed by atoms with Gasteiger partial charge in [0.2, 0.25) is 5.95 Å². The number of aliphatic hydroxyl groups is 2. The Morgan fingerprint density at radius 2 is 1.82 bits per heavy atom. The highest BCUT2D eigenvalue weighted by atomic mass is 16.5. The largest absolute Gasteiger partial charge is 0.491 e. The van der Waals surface area contributed by atoms with Crippen LogP contribution in [-0.2, 0) is 12.0 Å². The van der Waals surface area contributed by atoms with Crippen LogP contribution in [0, 0.1) is 0 Å². The van der Waals surface area contributed by atoms with Crippen LogP contribution in [0.5, 0.6) is 5.75 Å². The number of nitrogens with one attached hydrogen (secondary N) is 1. The number of benzene rings is 2. The second kappa shape index (κ2) is 8.63. The van der Waals surface area contributed by atoms with Gasteiger partial charge in [0, 0.05) is 6.54 Å². The van der Waals surface area contributed by atoms with E-state index >= 15 is 0 Å².